The minimum atomic E-state index is -0.288. The van der Waals surface area contributed by atoms with Crippen molar-refractivity contribution in [3.63, 3.8) is 0 Å². The Bertz CT molecular complexity index is 1020. The minimum Gasteiger partial charge on any atom is -0.314 e. The number of benzene rings is 2. The van der Waals surface area contributed by atoms with Gasteiger partial charge in [-0.25, -0.2) is 9.37 Å². The van der Waals surface area contributed by atoms with Crippen LogP contribution in [0.15, 0.2) is 48.5 Å². The summed E-state index contributed by atoms with van der Waals surface area (Å²) in [6, 6.07) is 13.6. The number of para-hydroxylation sites is 1. The van der Waals surface area contributed by atoms with Gasteiger partial charge in [-0.15, -0.1) is 10.2 Å². The highest BCUT2D eigenvalue weighted by atomic mass is 35.5. The van der Waals surface area contributed by atoms with Gasteiger partial charge < -0.3 is 5.32 Å². The summed E-state index contributed by atoms with van der Waals surface area (Å²) in [5.74, 6) is 0.274. The Kier molecular flexibility index (Phi) is 3.79. The normalized spacial score (nSPS) is 10.9. The molecule has 0 radical (unpaired) electrons. The molecule has 0 spiro atoms. The average Bonchev–Trinajstić information content (AvgIpc) is 3.04. The van der Waals surface area contributed by atoms with Crippen LogP contribution in [0.25, 0.3) is 21.5 Å². The highest BCUT2D eigenvalue weighted by Crippen LogP contribution is 2.30. The van der Waals surface area contributed by atoms with Crippen LogP contribution in [0.3, 0.4) is 0 Å². The second-order valence-corrected chi connectivity index (χ2v) is 6.22. The van der Waals surface area contributed by atoms with E-state index >= 15 is 0 Å². The quantitative estimate of drug-likeness (QED) is 0.539. The fraction of sp³-hybridized carbons (Fsp3) is 0. The van der Waals surface area contributed by atoms with E-state index in [0.29, 0.717) is 16.0 Å². The Morgan fingerprint density at radius 1 is 0.958 bits per heavy atom. The molecule has 24 heavy (non-hydrogen) atoms. The SMILES string of the molecule is Fc1ccc(-c2nnc(Nc3nc(Cl)nc4ccccc34)s2)cc1. The van der Waals surface area contributed by atoms with Crippen molar-refractivity contribution < 1.29 is 4.39 Å². The highest BCUT2D eigenvalue weighted by molar-refractivity contribution is 7.18. The molecule has 8 heteroatoms. The number of nitrogens with one attached hydrogen (secondary N) is 1. The van der Waals surface area contributed by atoms with Gasteiger partial charge in [-0.1, -0.05) is 23.5 Å². The lowest BCUT2D eigenvalue weighted by Crippen LogP contribution is -1.96. The zero-order chi connectivity index (χ0) is 16.5. The van der Waals surface area contributed by atoms with E-state index in [4.69, 9.17) is 11.6 Å². The van der Waals surface area contributed by atoms with Crippen LogP contribution in [0.1, 0.15) is 0 Å². The molecule has 4 rings (SSSR count). The molecule has 0 amide bonds. The van der Waals surface area contributed by atoms with E-state index in [2.05, 4.69) is 25.5 Å². The Labute approximate surface area is 145 Å². The summed E-state index contributed by atoms with van der Waals surface area (Å²) in [4.78, 5) is 8.41. The van der Waals surface area contributed by atoms with Gasteiger partial charge in [-0.3, -0.25) is 0 Å². The van der Waals surface area contributed by atoms with Crippen LogP contribution in [0.5, 0.6) is 0 Å². The predicted molar refractivity (Wildman–Crippen MR) is 93.1 cm³/mol. The molecule has 2 aromatic heterocycles. The zero-order valence-electron chi connectivity index (χ0n) is 12.1. The van der Waals surface area contributed by atoms with Crippen molar-refractivity contribution in [1.82, 2.24) is 20.2 Å². The standard InChI is InChI=1S/C16H9ClFN5S/c17-15-19-12-4-2-1-3-11(12)13(20-15)21-16-23-22-14(24-16)9-5-7-10(18)8-6-9/h1-8H,(H,19,20,21,23). The van der Waals surface area contributed by atoms with Crippen LogP contribution >= 0.6 is 22.9 Å². The van der Waals surface area contributed by atoms with E-state index in [-0.39, 0.29) is 11.1 Å². The zero-order valence-corrected chi connectivity index (χ0v) is 13.6. The summed E-state index contributed by atoms with van der Waals surface area (Å²) >= 11 is 7.32. The van der Waals surface area contributed by atoms with Crippen LogP contribution in [0, 0.1) is 5.82 Å². The average molecular weight is 358 g/mol. The summed E-state index contributed by atoms with van der Waals surface area (Å²) in [5.41, 5.74) is 1.54. The largest absolute Gasteiger partial charge is 0.314 e. The lowest BCUT2D eigenvalue weighted by molar-refractivity contribution is 0.628. The van der Waals surface area contributed by atoms with E-state index in [1.54, 1.807) is 12.1 Å². The fourth-order valence-corrected chi connectivity index (χ4v) is 3.15. The molecule has 118 valence electrons. The number of anilines is 2. The van der Waals surface area contributed by atoms with Crippen molar-refractivity contribution >= 4 is 44.8 Å². The smallest absolute Gasteiger partial charge is 0.224 e. The van der Waals surface area contributed by atoms with Gasteiger partial charge in [0.2, 0.25) is 10.4 Å². The molecule has 1 N–H and O–H groups in total. The summed E-state index contributed by atoms with van der Waals surface area (Å²) < 4.78 is 13.0. The van der Waals surface area contributed by atoms with Crippen LogP contribution < -0.4 is 5.32 Å². The van der Waals surface area contributed by atoms with Gasteiger partial charge in [0.1, 0.15) is 16.6 Å². The third-order valence-electron chi connectivity index (χ3n) is 3.32. The van der Waals surface area contributed by atoms with Gasteiger partial charge >= 0.3 is 0 Å². The first-order chi connectivity index (χ1) is 11.7. The third-order valence-corrected chi connectivity index (χ3v) is 4.37. The van der Waals surface area contributed by atoms with Gasteiger partial charge in [-0.05, 0) is 48.0 Å². The first kappa shape index (κ1) is 14.9. The van der Waals surface area contributed by atoms with Gasteiger partial charge in [-0.2, -0.15) is 4.98 Å². The monoisotopic (exact) mass is 357 g/mol. The highest BCUT2D eigenvalue weighted by Gasteiger charge is 2.11. The number of nitrogens with zero attached hydrogens (tertiary/aromatic N) is 4. The van der Waals surface area contributed by atoms with Gasteiger partial charge in [0, 0.05) is 10.9 Å². The molecule has 0 saturated carbocycles. The van der Waals surface area contributed by atoms with E-state index < -0.39 is 0 Å². The third kappa shape index (κ3) is 2.91. The van der Waals surface area contributed by atoms with Crippen molar-refractivity contribution in [2.75, 3.05) is 5.32 Å². The first-order valence-electron chi connectivity index (χ1n) is 6.98. The van der Waals surface area contributed by atoms with E-state index in [1.807, 2.05) is 24.3 Å². The summed E-state index contributed by atoms with van der Waals surface area (Å²) in [5, 5.41) is 13.6. The molecule has 0 fully saturated rings. The number of fused-ring (bicyclic) bond motifs is 1. The van der Waals surface area contributed by atoms with Crippen LogP contribution in [-0.2, 0) is 0 Å². The number of hydrogen-bond donors (Lipinski definition) is 1. The topological polar surface area (TPSA) is 63.6 Å². The van der Waals surface area contributed by atoms with Gasteiger partial charge in [0.15, 0.2) is 0 Å². The second-order valence-electron chi connectivity index (χ2n) is 4.90. The molecular weight excluding hydrogens is 349 g/mol. The maximum absolute atomic E-state index is 13.0. The van der Waals surface area contributed by atoms with Crippen molar-refractivity contribution in [1.29, 1.82) is 0 Å². The summed E-state index contributed by atoms with van der Waals surface area (Å²) in [6.07, 6.45) is 0. The first-order valence-corrected chi connectivity index (χ1v) is 8.17. The molecule has 0 aliphatic heterocycles. The predicted octanol–water partition coefficient (Wildman–Crippen LogP) is 4.68. The maximum atomic E-state index is 13.0. The van der Waals surface area contributed by atoms with Crippen LogP contribution in [0.2, 0.25) is 5.28 Å². The number of aromatic nitrogens is 4. The van der Waals surface area contributed by atoms with E-state index in [9.17, 15) is 4.39 Å². The number of halogens is 2. The molecule has 4 aromatic rings. The molecule has 0 atom stereocenters. The molecule has 2 heterocycles. The molecule has 0 saturated heterocycles. The molecular formula is C16H9ClFN5S. The summed E-state index contributed by atoms with van der Waals surface area (Å²) in [6.45, 7) is 0. The molecule has 0 aliphatic rings. The van der Waals surface area contributed by atoms with Crippen molar-refractivity contribution in [2.24, 2.45) is 0 Å². The molecule has 5 nitrogen and oxygen atoms in total. The van der Waals surface area contributed by atoms with Crippen molar-refractivity contribution in [2.45, 2.75) is 0 Å². The van der Waals surface area contributed by atoms with Crippen molar-refractivity contribution in [3.05, 3.63) is 59.6 Å². The van der Waals surface area contributed by atoms with Crippen LogP contribution in [0.4, 0.5) is 15.3 Å². The number of hydrogen-bond acceptors (Lipinski definition) is 6. The number of rotatable bonds is 3. The van der Waals surface area contributed by atoms with Crippen LogP contribution in [-0.4, -0.2) is 20.2 Å². The van der Waals surface area contributed by atoms with E-state index in [0.717, 1.165) is 16.5 Å². The second kappa shape index (κ2) is 6.10. The summed E-state index contributed by atoms with van der Waals surface area (Å²) in [7, 11) is 0. The molecule has 0 aliphatic carbocycles. The molecule has 2 aromatic carbocycles. The lowest BCUT2D eigenvalue weighted by Gasteiger charge is -2.05. The Morgan fingerprint density at radius 2 is 1.75 bits per heavy atom. The fourth-order valence-electron chi connectivity index (χ4n) is 2.23. The maximum Gasteiger partial charge on any atom is 0.224 e. The molecule has 0 bridgehead atoms. The Balaban J connectivity index is 1.68. The lowest BCUT2D eigenvalue weighted by atomic mass is 10.2. The minimum absolute atomic E-state index is 0.152. The van der Waals surface area contributed by atoms with Gasteiger partial charge in [0.05, 0.1) is 5.52 Å². The molecule has 0 unspecified atom stereocenters. The Morgan fingerprint density at radius 3 is 2.58 bits per heavy atom. The van der Waals surface area contributed by atoms with Gasteiger partial charge in [0.25, 0.3) is 0 Å². The van der Waals surface area contributed by atoms with Crippen molar-refractivity contribution in [3.8, 4) is 10.6 Å². The Hall–Kier alpha value is -2.64. The van der Waals surface area contributed by atoms with E-state index in [1.165, 1.54) is 23.5 Å².